The van der Waals surface area contributed by atoms with Crippen molar-refractivity contribution in [3.63, 3.8) is 0 Å². The summed E-state index contributed by atoms with van der Waals surface area (Å²) in [5.74, 6) is -1.24. The van der Waals surface area contributed by atoms with Gasteiger partial charge in [0.2, 0.25) is 0 Å². The van der Waals surface area contributed by atoms with Crippen LogP contribution in [0.25, 0.3) is 10.9 Å². The van der Waals surface area contributed by atoms with Gasteiger partial charge in [0.1, 0.15) is 5.69 Å². The molecule has 0 amide bonds. The van der Waals surface area contributed by atoms with Crippen molar-refractivity contribution in [2.24, 2.45) is 0 Å². The molecule has 0 fully saturated rings. The molecule has 21 heavy (non-hydrogen) atoms. The third-order valence-electron chi connectivity index (χ3n) is 3.02. The molecule has 0 spiro atoms. The standard InChI is InChI=1S/C12H10F3NO4S/c1-2-16-9-4-3-8(21(19,20)12(13,14)15)5-7(9)6-10(16)11(17)18/h3-6H,2H2,1H3,(H,17,18). The summed E-state index contributed by atoms with van der Waals surface area (Å²) in [6.45, 7) is 1.96. The van der Waals surface area contributed by atoms with Gasteiger partial charge in [-0.05, 0) is 31.2 Å². The zero-order valence-corrected chi connectivity index (χ0v) is 11.5. The van der Waals surface area contributed by atoms with Crippen LogP contribution in [0.4, 0.5) is 13.2 Å². The van der Waals surface area contributed by atoms with Crippen molar-refractivity contribution in [2.45, 2.75) is 23.9 Å². The molecule has 0 saturated heterocycles. The Labute approximate surface area is 117 Å². The Balaban J connectivity index is 2.72. The number of nitrogens with zero attached hydrogens (tertiary/aromatic N) is 1. The maximum atomic E-state index is 12.5. The minimum Gasteiger partial charge on any atom is -0.477 e. The number of hydrogen-bond donors (Lipinski definition) is 1. The van der Waals surface area contributed by atoms with Gasteiger partial charge in [0.25, 0.3) is 9.84 Å². The third kappa shape index (κ3) is 2.37. The highest BCUT2D eigenvalue weighted by Gasteiger charge is 2.46. The van der Waals surface area contributed by atoms with Crippen molar-refractivity contribution in [3.05, 3.63) is 30.0 Å². The summed E-state index contributed by atoms with van der Waals surface area (Å²) in [4.78, 5) is 10.2. The lowest BCUT2D eigenvalue weighted by atomic mass is 10.2. The van der Waals surface area contributed by atoms with E-state index in [0.717, 1.165) is 18.2 Å². The highest BCUT2D eigenvalue weighted by atomic mass is 32.2. The fraction of sp³-hybridized carbons (Fsp3) is 0.250. The van der Waals surface area contributed by atoms with E-state index in [1.54, 1.807) is 6.92 Å². The predicted octanol–water partition coefficient (Wildman–Crippen LogP) is 2.65. The van der Waals surface area contributed by atoms with Crippen molar-refractivity contribution in [1.29, 1.82) is 0 Å². The quantitative estimate of drug-likeness (QED) is 0.943. The van der Waals surface area contributed by atoms with Gasteiger partial charge >= 0.3 is 11.5 Å². The Hall–Kier alpha value is -2.03. The van der Waals surface area contributed by atoms with Gasteiger partial charge in [-0.3, -0.25) is 0 Å². The monoisotopic (exact) mass is 321 g/mol. The molecular formula is C12H10F3NO4S. The number of hydrogen-bond acceptors (Lipinski definition) is 3. The van der Waals surface area contributed by atoms with E-state index in [1.165, 1.54) is 10.6 Å². The SMILES string of the molecule is CCn1c(C(=O)O)cc2cc(S(=O)(=O)C(F)(F)F)ccc21. The Morgan fingerprint density at radius 2 is 1.90 bits per heavy atom. The van der Waals surface area contributed by atoms with Gasteiger partial charge in [-0.15, -0.1) is 0 Å². The Kier molecular flexibility index (Phi) is 3.48. The fourth-order valence-electron chi connectivity index (χ4n) is 2.07. The first-order valence-electron chi connectivity index (χ1n) is 5.77. The van der Waals surface area contributed by atoms with Crippen molar-refractivity contribution in [1.82, 2.24) is 4.57 Å². The second kappa shape index (κ2) is 4.76. The minimum atomic E-state index is -5.46. The first kappa shape index (κ1) is 15.4. The molecule has 0 unspecified atom stereocenters. The van der Waals surface area contributed by atoms with Gasteiger partial charge in [-0.1, -0.05) is 0 Å². The molecule has 0 atom stereocenters. The highest BCUT2D eigenvalue weighted by molar-refractivity contribution is 7.92. The molecule has 2 aromatic rings. The molecule has 0 saturated carbocycles. The van der Waals surface area contributed by atoms with Crippen LogP contribution < -0.4 is 0 Å². The van der Waals surface area contributed by atoms with Crippen molar-refractivity contribution in [2.75, 3.05) is 0 Å². The third-order valence-corrected chi connectivity index (χ3v) is 4.51. The summed E-state index contributed by atoms with van der Waals surface area (Å²) in [5, 5.41) is 9.16. The highest BCUT2D eigenvalue weighted by Crippen LogP contribution is 2.32. The summed E-state index contributed by atoms with van der Waals surface area (Å²) in [6, 6.07) is 3.97. The van der Waals surface area contributed by atoms with Gasteiger partial charge in [0.05, 0.1) is 4.90 Å². The zero-order valence-electron chi connectivity index (χ0n) is 10.7. The van der Waals surface area contributed by atoms with Crippen LogP contribution in [0.3, 0.4) is 0 Å². The molecule has 0 bridgehead atoms. The Bertz CT molecular complexity index is 821. The predicted molar refractivity (Wildman–Crippen MR) is 67.8 cm³/mol. The van der Waals surface area contributed by atoms with Crippen molar-refractivity contribution < 1.29 is 31.5 Å². The summed E-state index contributed by atoms with van der Waals surface area (Å²) < 4.78 is 61.6. The minimum absolute atomic E-state index is 0.117. The Morgan fingerprint density at radius 1 is 1.29 bits per heavy atom. The van der Waals surface area contributed by atoms with E-state index in [9.17, 15) is 26.4 Å². The Morgan fingerprint density at radius 3 is 2.38 bits per heavy atom. The molecule has 1 aromatic carbocycles. The lowest BCUT2D eigenvalue weighted by molar-refractivity contribution is -0.0436. The molecule has 1 N–H and O–H groups in total. The number of aromatic carboxylic acids is 1. The van der Waals surface area contributed by atoms with Crippen LogP contribution in [-0.2, 0) is 16.4 Å². The van der Waals surface area contributed by atoms with E-state index in [4.69, 9.17) is 5.11 Å². The number of fused-ring (bicyclic) bond motifs is 1. The van der Waals surface area contributed by atoms with E-state index in [0.29, 0.717) is 5.52 Å². The molecule has 5 nitrogen and oxygen atoms in total. The number of carboxylic acid groups (broad SMARTS) is 1. The molecule has 1 aromatic heterocycles. The molecule has 114 valence electrons. The molecule has 0 aliphatic heterocycles. The molecule has 0 aliphatic rings. The largest absolute Gasteiger partial charge is 0.501 e. The number of carbonyl (C=O) groups is 1. The lowest BCUT2D eigenvalue weighted by Gasteiger charge is -2.08. The van der Waals surface area contributed by atoms with E-state index < -0.39 is 26.2 Å². The molecule has 9 heteroatoms. The van der Waals surface area contributed by atoms with Crippen LogP contribution in [0, 0.1) is 0 Å². The topological polar surface area (TPSA) is 76.4 Å². The van der Waals surface area contributed by atoms with E-state index in [2.05, 4.69) is 0 Å². The van der Waals surface area contributed by atoms with Crippen LogP contribution in [0.15, 0.2) is 29.2 Å². The van der Waals surface area contributed by atoms with Crippen molar-refractivity contribution >= 4 is 26.7 Å². The lowest BCUT2D eigenvalue weighted by Crippen LogP contribution is -2.23. The zero-order chi connectivity index (χ0) is 16.0. The van der Waals surface area contributed by atoms with Crippen LogP contribution in [0.1, 0.15) is 17.4 Å². The van der Waals surface area contributed by atoms with Gasteiger partial charge in [0.15, 0.2) is 0 Å². The summed E-state index contributed by atoms with van der Waals surface area (Å²) >= 11 is 0. The number of aryl methyl sites for hydroxylation is 1. The van der Waals surface area contributed by atoms with Crippen LogP contribution >= 0.6 is 0 Å². The van der Waals surface area contributed by atoms with Gasteiger partial charge in [-0.25, -0.2) is 13.2 Å². The first-order chi connectivity index (χ1) is 9.59. The van der Waals surface area contributed by atoms with Crippen LogP contribution in [0.2, 0.25) is 0 Å². The number of sulfone groups is 1. The number of alkyl halides is 3. The van der Waals surface area contributed by atoms with Gasteiger partial charge in [0, 0.05) is 17.4 Å². The second-order valence-electron chi connectivity index (χ2n) is 4.25. The average molecular weight is 321 g/mol. The average Bonchev–Trinajstić information content (AvgIpc) is 2.74. The van der Waals surface area contributed by atoms with E-state index >= 15 is 0 Å². The maximum Gasteiger partial charge on any atom is 0.501 e. The van der Waals surface area contributed by atoms with Crippen molar-refractivity contribution in [3.8, 4) is 0 Å². The fourth-order valence-corrected chi connectivity index (χ4v) is 2.86. The number of halogens is 3. The first-order valence-corrected chi connectivity index (χ1v) is 7.26. The van der Waals surface area contributed by atoms with E-state index in [1.807, 2.05) is 0 Å². The molecule has 1 heterocycles. The summed E-state index contributed by atoms with van der Waals surface area (Å²) in [7, 11) is -5.46. The normalized spacial score (nSPS) is 12.8. The summed E-state index contributed by atoms with van der Waals surface area (Å²) in [6.07, 6.45) is 0. The van der Waals surface area contributed by atoms with Crippen LogP contribution in [-0.4, -0.2) is 29.6 Å². The second-order valence-corrected chi connectivity index (χ2v) is 6.19. The number of rotatable bonds is 3. The van der Waals surface area contributed by atoms with E-state index in [-0.39, 0.29) is 17.6 Å². The number of benzene rings is 1. The molecule has 0 aliphatic carbocycles. The number of carboxylic acids is 1. The molecule has 2 rings (SSSR count). The maximum absolute atomic E-state index is 12.5. The van der Waals surface area contributed by atoms with Gasteiger partial charge < -0.3 is 9.67 Å². The molecular weight excluding hydrogens is 311 g/mol. The smallest absolute Gasteiger partial charge is 0.477 e. The van der Waals surface area contributed by atoms with Gasteiger partial charge in [-0.2, -0.15) is 13.2 Å². The number of aromatic nitrogens is 1. The van der Waals surface area contributed by atoms with Crippen LogP contribution in [0.5, 0.6) is 0 Å². The molecule has 0 radical (unpaired) electrons. The summed E-state index contributed by atoms with van der Waals surface area (Å²) in [5.41, 5.74) is -5.16.